The summed E-state index contributed by atoms with van der Waals surface area (Å²) in [5.41, 5.74) is 0. The first-order valence-electron chi connectivity index (χ1n) is 7.44. The Morgan fingerprint density at radius 3 is 2.95 bits per heavy atom. The van der Waals surface area contributed by atoms with Gasteiger partial charge in [-0.3, -0.25) is 9.59 Å². The smallest absolute Gasteiger partial charge is 0.227 e. The number of hydrogen-bond acceptors (Lipinski definition) is 3. The van der Waals surface area contributed by atoms with E-state index >= 15 is 0 Å². The molecule has 2 rings (SSSR count). The monoisotopic (exact) mass is 267 g/mol. The van der Waals surface area contributed by atoms with Gasteiger partial charge in [0.2, 0.25) is 11.8 Å². The molecule has 19 heavy (non-hydrogen) atoms. The Hall–Kier alpha value is -1.10. The van der Waals surface area contributed by atoms with Gasteiger partial charge in [0.1, 0.15) is 0 Å². The Bertz CT molecular complexity index is 323. The van der Waals surface area contributed by atoms with Crippen LogP contribution in [0.15, 0.2) is 0 Å². The molecule has 2 saturated heterocycles. The van der Waals surface area contributed by atoms with Gasteiger partial charge < -0.3 is 15.5 Å². The van der Waals surface area contributed by atoms with E-state index in [-0.39, 0.29) is 17.7 Å². The molecule has 0 aromatic rings. The molecule has 0 saturated carbocycles. The maximum absolute atomic E-state index is 12.6. The summed E-state index contributed by atoms with van der Waals surface area (Å²) in [4.78, 5) is 25.8. The molecule has 2 unspecified atom stereocenters. The van der Waals surface area contributed by atoms with Gasteiger partial charge in [-0.1, -0.05) is 0 Å². The number of rotatable bonds is 4. The predicted molar refractivity (Wildman–Crippen MR) is 73.6 cm³/mol. The number of amides is 2. The van der Waals surface area contributed by atoms with Crippen molar-refractivity contribution in [1.82, 2.24) is 15.5 Å². The molecular weight excluding hydrogens is 242 g/mol. The van der Waals surface area contributed by atoms with Crippen molar-refractivity contribution in [2.24, 2.45) is 5.92 Å². The molecule has 2 heterocycles. The van der Waals surface area contributed by atoms with Crippen molar-refractivity contribution >= 4 is 11.8 Å². The molecule has 2 aliphatic heterocycles. The lowest BCUT2D eigenvalue weighted by Gasteiger charge is -2.38. The second-order valence-corrected chi connectivity index (χ2v) is 5.61. The van der Waals surface area contributed by atoms with E-state index in [0.29, 0.717) is 25.4 Å². The number of likely N-dealkylation sites (tertiary alicyclic amines) is 1. The average Bonchev–Trinajstić information content (AvgIpc) is 2.45. The highest BCUT2D eigenvalue weighted by Crippen LogP contribution is 2.23. The van der Waals surface area contributed by atoms with E-state index in [1.807, 2.05) is 7.05 Å². The fraction of sp³-hybridized carbons (Fsp3) is 0.857. The third-order valence-electron chi connectivity index (χ3n) is 4.25. The van der Waals surface area contributed by atoms with Crippen LogP contribution in [0.4, 0.5) is 0 Å². The fourth-order valence-electron chi connectivity index (χ4n) is 3.08. The second kappa shape index (κ2) is 6.89. The summed E-state index contributed by atoms with van der Waals surface area (Å²) in [6.07, 6.45) is 5.68. The summed E-state index contributed by atoms with van der Waals surface area (Å²) >= 11 is 0. The van der Waals surface area contributed by atoms with Crippen molar-refractivity contribution < 1.29 is 9.59 Å². The minimum atomic E-state index is -0.00659. The van der Waals surface area contributed by atoms with Crippen LogP contribution in [0.3, 0.4) is 0 Å². The molecule has 2 amide bonds. The summed E-state index contributed by atoms with van der Waals surface area (Å²) < 4.78 is 0. The van der Waals surface area contributed by atoms with E-state index in [0.717, 1.165) is 32.4 Å². The van der Waals surface area contributed by atoms with Gasteiger partial charge in [0.05, 0.1) is 5.92 Å². The number of carbonyl (C=O) groups excluding carboxylic acids is 2. The summed E-state index contributed by atoms with van der Waals surface area (Å²) in [7, 11) is 1.95. The van der Waals surface area contributed by atoms with Gasteiger partial charge >= 0.3 is 0 Å². The van der Waals surface area contributed by atoms with E-state index in [2.05, 4.69) is 15.5 Å². The highest BCUT2D eigenvalue weighted by atomic mass is 16.2. The second-order valence-electron chi connectivity index (χ2n) is 5.61. The van der Waals surface area contributed by atoms with Crippen LogP contribution in [0.25, 0.3) is 0 Å². The Kier molecular flexibility index (Phi) is 5.19. The lowest BCUT2D eigenvalue weighted by Crippen LogP contribution is -2.50. The lowest BCUT2D eigenvalue weighted by atomic mass is 9.93. The van der Waals surface area contributed by atoms with Crippen molar-refractivity contribution in [3.05, 3.63) is 0 Å². The Labute approximate surface area is 115 Å². The molecule has 0 spiro atoms. The molecule has 2 fully saturated rings. The maximum atomic E-state index is 12.6. The first kappa shape index (κ1) is 14.3. The van der Waals surface area contributed by atoms with Crippen molar-refractivity contribution in [2.75, 3.05) is 26.7 Å². The van der Waals surface area contributed by atoms with Gasteiger partial charge in [-0.25, -0.2) is 0 Å². The zero-order chi connectivity index (χ0) is 13.7. The minimum Gasteiger partial charge on any atom is -0.355 e. The SMILES string of the molecule is CNCCC1CCCCN1C(=O)C1CCC(=O)NC1. The third kappa shape index (κ3) is 3.69. The molecule has 5 heteroatoms. The quantitative estimate of drug-likeness (QED) is 0.780. The zero-order valence-corrected chi connectivity index (χ0v) is 11.8. The van der Waals surface area contributed by atoms with Crippen LogP contribution in [0.2, 0.25) is 0 Å². The Morgan fingerprint density at radius 1 is 1.42 bits per heavy atom. The maximum Gasteiger partial charge on any atom is 0.227 e. The molecule has 0 aromatic heterocycles. The lowest BCUT2D eigenvalue weighted by molar-refractivity contribution is -0.141. The molecule has 2 aliphatic rings. The van der Waals surface area contributed by atoms with Crippen LogP contribution < -0.4 is 10.6 Å². The molecule has 0 aliphatic carbocycles. The summed E-state index contributed by atoms with van der Waals surface area (Å²) in [6.45, 7) is 2.36. The first-order valence-corrected chi connectivity index (χ1v) is 7.44. The molecule has 0 bridgehead atoms. The molecular formula is C14H25N3O2. The van der Waals surface area contributed by atoms with Gasteiger partial charge in [-0.05, 0) is 45.7 Å². The first-order chi connectivity index (χ1) is 9.22. The van der Waals surface area contributed by atoms with Crippen molar-refractivity contribution in [2.45, 2.75) is 44.6 Å². The van der Waals surface area contributed by atoms with Crippen LogP contribution in [0.5, 0.6) is 0 Å². The largest absolute Gasteiger partial charge is 0.355 e. The Balaban J connectivity index is 1.92. The van der Waals surface area contributed by atoms with Crippen LogP contribution in [0, 0.1) is 5.92 Å². The van der Waals surface area contributed by atoms with Crippen LogP contribution in [0.1, 0.15) is 38.5 Å². The summed E-state index contributed by atoms with van der Waals surface area (Å²) in [5.74, 6) is 0.322. The van der Waals surface area contributed by atoms with Gasteiger partial charge in [0.25, 0.3) is 0 Å². The number of carbonyl (C=O) groups is 2. The summed E-state index contributed by atoms with van der Waals surface area (Å²) in [5, 5.41) is 5.98. The number of hydrogen-bond donors (Lipinski definition) is 2. The van der Waals surface area contributed by atoms with Gasteiger partial charge in [-0.2, -0.15) is 0 Å². The number of nitrogens with one attached hydrogen (secondary N) is 2. The normalized spacial score (nSPS) is 28.1. The topological polar surface area (TPSA) is 61.4 Å². The Morgan fingerprint density at radius 2 is 2.26 bits per heavy atom. The van der Waals surface area contributed by atoms with Crippen molar-refractivity contribution in [3.8, 4) is 0 Å². The fourth-order valence-corrected chi connectivity index (χ4v) is 3.08. The van der Waals surface area contributed by atoms with Crippen LogP contribution >= 0.6 is 0 Å². The summed E-state index contributed by atoms with van der Waals surface area (Å²) in [6, 6.07) is 0.381. The number of piperidine rings is 2. The van der Waals surface area contributed by atoms with E-state index in [1.165, 1.54) is 6.42 Å². The van der Waals surface area contributed by atoms with E-state index < -0.39 is 0 Å². The van der Waals surface area contributed by atoms with Crippen molar-refractivity contribution in [1.29, 1.82) is 0 Å². The van der Waals surface area contributed by atoms with Gasteiger partial charge in [0.15, 0.2) is 0 Å². The standard InChI is InChI=1S/C14H25N3O2/c1-15-8-7-12-4-2-3-9-17(12)14(19)11-5-6-13(18)16-10-11/h11-12,15H,2-10H2,1H3,(H,16,18). The molecule has 2 atom stereocenters. The van der Waals surface area contributed by atoms with Gasteiger partial charge in [-0.15, -0.1) is 0 Å². The minimum absolute atomic E-state index is 0.00659. The van der Waals surface area contributed by atoms with Gasteiger partial charge in [0, 0.05) is 25.6 Å². The highest BCUT2D eigenvalue weighted by Gasteiger charge is 2.33. The van der Waals surface area contributed by atoms with Crippen LogP contribution in [-0.4, -0.2) is 49.4 Å². The average molecular weight is 267 g/mol. The molecule has 108 valence electrons. The van der Waals surface area contributed by atoms with E-state index in [1.54, 1.807) is 0 Å². The molecule has 0 radical (unpaired) electrons. The molecule has 5 nitrogen and oxygen atoms in total. The van der Waals surface area contributed by atoms with Crippen LogP contribution in [-0.2, 0) is 9.59 Å². The third-order valence-corrected chi connectivity index (χ3v) is 4.25. The van der Waals surface area contributed by atoms with E-state index in [4.69, 9.17) is 0 Å². The molecule has 0 aromatic carbocycles. The zero-order valence-electron chi connectivity index (χ0n) is 11.8. The number of nitrogens with zero attached hydrogens (tertiary/aromatic N) is 1. The predicted octanol–water partition coefficient (Wildman–Crippen LogP) is 0.503. The van der Waals surface area contributed by atoms with Crippen molar-refractivity contribution in [3.63, 3.8) is 0 Å². The highest BCUT2D eigenvalue weighted by molar-refractivity contribution is 5.84. The van der Waals surface area contributed by atoms with E-state index in [9.17, 15) is 9.59 Å². The molecule has 2 N–H and O–H groups in total.